The molecule has 18 heavy (non-hydrogen) atoms. The van der Waals surface area contributed by atoms with Gasteiger partial charge >= 0.3 is 0 Å². The molecule has 0 bridgehead atoms. The molecule has 1 heterocycles. The van der Waals surface area contributed by atoms with E-state index in [9.17, 15) is 4.79 Å². The molecule has 0 spiro atoms. The van der Waals surface area contributed by atoms with Crippen molar-refractivity contribution in [3.05, 3.63) is 0 Å². The van der Waals surface area contributed by atoms with E-state index >= 15 is 0 Å². The summed E-state index contributed by atoms with van der Waals surface area (Å²) in [6.07, 6.45) is 1.95. The van der Waals surface area contributed by atoms with Gasteiger partial charge in [0.2, 0.25) is 5.91 Å². The molecule has 0 aromatic carbocycles. The van der Waals surface area contributed by atoms with Crippen LogP contribution >= 0.6 is 0 Å². The Morgan fingerprint density at radius 2 is 2.06 bits per heavy atom. The fourth-order valence-corrected chi connectivity index (χ4v) is 2.61. The number of likely N-dealkylation sites (N-methyl/N-ethyl adjacent to an activating group) is 1. The summed E-state index contributed by atoms with van der Waals surface area (Å²) >= 11 is 0. The largest absolute Gasteiger partial charge is 0.375 e. The molecule has 4 heteroatoms. The Hall–Kier alpha value is -0.610. The molecule has 0 aromatic heterocycles. The van der Waals surface area contributed by atoms with Gasteiger partial charge in [0.05, 0.1) is 11.6 Å². The fourth-order valence-electron chi connectivity index (χ4n) is 2.61. The van der Waals surface area contributed by atoms with Gasteiger partial charge in [0, 0.05) is 25.7 Å². The van der Waals surface area contributed by atoms with Gasteiger partial charge < -0.3 is 15.0 Å². The van der Waals surface area contributed by atoms with Crippen LogP contribution in [0.15, 0.2) is 0 Å². The summed E-state index contributed by atoms with van der Waals surface area (Å²) in [7, 11) is 0. The van der Waals surface area contributed by atoms with E-state index in [0.29, 0.717) is 6.04 Å². The van der Waals surface area contributed by atoms with Crippen molar-refractivity contribution in [1.82, 2.24) is 10.2 Å². The zero-order valence-corrected chi connectivity index (χ0v) is 12.5. The zero-order chi connectivity index (χ0) is 13.8. The first kappa shape index (κ1) is 15.4. The first-order valence-electron chi connectivity index (χ1n) is 7.08. The lowest BCUT2D eigenvalue weighted by molar-refractivity contribution is -0.133. The van der Waals surface area contributed by atoms with Crippen LogP contribution in [0.4, 0.5) is 0 Å². The second kappa shape index (κ2) is 6.53. The molecule has 1 fully saturated rings. The molecule has 0 radical (unpaired) electrons. The van der Waals surface area contributed by atoms with Gasteiger partial charge in [-0.05, 0) is 47.5 Å². The number of nitrogens with zero attached hydrogens (tertiary/aromatic N) is 1. The summed E-state index contributed by atoms with van der Waals surface area (Å²) in [6, 6.07) is 0.270. The van der Waals surface area contributed by atoms with E-state index in [2.05, 4.69) is 19.2 Å². The number of rotatable bonds is 5. The highest BCUT2D eigenvalue weighted by Crippen LogP contribution is 2.24. The Labute approximate surface area is 111 Å². The maximum Gasteiger partial charge on any atom is 0.239 e. The third-order valence-electron chi connectivity index (χ3n) is 3.63. The van der Waals surface area contributed by atoms with E-state index in [4.69, 9.17) is 4.74 Å². The van der Waals surface area contributed by atoms with Crippen LogP contribution in [-0.4, -0.2) is 48.2 Å². The number of amides is 1. The molecular weight excluding hydrogens is 228 g/mol. The number of hydrogen-bond donors (Lipinski definition) is 1. The summed E-state index contributed by atoms with van der Waals surface area (Å²) in [6.45, 7) is 12.5. The van der Waals surface area contributed by atoms with Crippen LogP contribution in [0.3, 0.4) is 0 Å². The predicted molar refractivity (Wildman–Crippen MR) is 73.6 cm³/mol. The number of hydrogen-bond acceptors (Lipinski definition) is 3. The average molecular weight is 256 g/mol. The van der Waals surface area contributed by atoms with Gasteiger partial charge in [-0.25, -0.2) is 0 Å². The normalized spacial score (nSPS) is 24.6. The van der Waals surface area contributed by atoms with Crippen LogP contribution in [0.2, 0.25) is 0 Å². The van der Waals surface area contributed by atoms with Gasteiger partial charge in [0.25, 0.3) is 0 Å². The molecule has 1 amide bonds. The minimum Gasteiger partial charge on any atom is -0.375 e. The maximum atomic E-state index is 12.2. The van der Waals surface area contributed by atoms with Crippen molar-refractivity contribution in [3.8, 4) is 0 Å². The topological polar surface area (TPSA) is 41.6 Å². The van der Waals surface area contributed by atoms with E-state index in [1.165, 1.54) is 0 Å². The Balaban J connectivity index is 2.48. The number of carbonyl (C=O) groups is 1. The molecule has 1 saturated heterocycles. The molecule has 1 N–H and O–H groups in total. The molecule has 1 aliphatic heterocycles. The molecule has 0 saturated carbocycles. The van der Waals surface area contributed by atoms with E-state index < -0.39 is 0 Å². The SMILES string of the molecule is CCN(CC)C(=O)C(C)NC1CCOC(C)(C)C1. The van der Waals surface area contributed by atoms with Crippen LogP contribution in [0, 0.1) is 0 Å². The fraction of sp³-hybridized carbons (Fsp3) is 0.929. The lowest BCUT2D eigenvalue weighted by atomic mass is 9.93. The van der Waals surface area contributed by atoms with Gasteiger partial charge in [0.1, 0.15) is 0 Å². The van der Waals surface area contributed by atoms with Crippen molar-refractivity contribution in [2.45, 2.75) is 65.1 Å². The van der Waals surface area contributed by atoms with Crippen molar-refractivity contribution >= 4 is 5.91 Å². The standard InChI is InChI=1S/C14H28N2O2/c1-6-16(7-2)13(17)11(3)15-12-8-9-18-14(4,5)10-12/h11-12,15H,6-10H2,1-5H3. The van der Waals surface area contributed by atoms with Gasteiger partial charge in [-0.2, -0.15) is 0 Å². The minimum absolute atomic E-state index is 0.0755. The van der Waals surface area contributed by atoms with Gasteiger partial charge in [0.15, 0.2) is 0 Å². The van der Waals surface area contributed by atoms with E-state index in [0.717, 1.165) is 32.5 Å². The summed E-state index contributed by atoms with van der Waals surface area (Å²) in [5.41, 5.74) is -0.0755. The number of ether oxygens (including phenoxy) is 1. The van der Waals surface area contributed by atoms with E-state index in [1.54, 1.807) is 0 Å². The number of nitrogens with one attached hydrogen (secondary N) is 1. The van der Waals surface area contributed by atoms with E-state index in [1.807, 2.05) is 25.7 Å². The van der Waals surface area contributed by atoms with Gasteiger partial charge in [-0.15, -0.1) is 0 Å². The molecule has 1 aliphatic rings. The lowest BCUT2D eigenvalue weighted by Crippen LogP contribution is -2.52. The number of carbonyl (C=O) groups excluding carboxylic acids is 1. The predicted octanol–water partition coefficient (Wildman–Crippen LogP) is 1.79. The Morgan fingerprint density at radius 1 is 1.44 bits per heavy atom. The third-order valence-corrected chi connectivity index (χ3v) is 3.63. The maximum absolute atomic E-state index is 12.2. The Bertz CT molecular complexity index is 275. The first-order chi connectivity index (χ1) is 8.39. The van der Waals surface area contributed by atoms with Crippen LogP contribution in [0.5, 0.6) is 0 Å². The summed E-state index contributed by atoms with van der Waals surface area (Å²) < 4.78 is 5.69. The highest BCUT2D eigenvalue weighted by atomic mass is 16.5. The van der Waals surface area contributed by atoms with Crippen molar-refractivity contribution in [1.29, 1.82) is 0 Å². The lowest BCUT2D eigenvalue weighted by Gasteiger charge is -2.37. The van der Waals surface area contributed by atoms with Crippen LogP contribution in [0.1, 0.15) is 47.5 Å². The van der Waals surface area contributed by atoms with Gasteiger partial charge in [-0.1, -0.05) is 0 Å². The Kier molecular flexibility index (Phi) is 5.60. The smallest absolute Gasteiger partial charge is 0.239 e. The van der Waals surface area contributed by atoms with Crippen molar-refractivity contribution in [3.63, 3.8) is 0 Å². The third kappa shape index (κ3) is 4.25. The molecular formula is C14H28N2O2. The zero-order valence-electron chi connectivity index (χ0n) is 12.5. The van der Waals surface area contributed by atoms with Crippen molar-refractivity contribution < 1.29 is 9.53 Å². The molecule has 4 nitrogen and oxygen atoms in total. The highest BCUT2D eigenvalue weighted by Gasteiger charge is 2.30. The van der Waals surface area contributed by atoms with Crippen LogP contribution in [0.25, 0.3) is 0 Å². The molecule has 1 rings (SSSR count). The monoisotopic (exact) mass is 256 g/mol. The summed E-state index contributed by atoms with van der Waals surface area (Å²) in [4.78, 5) is 14.0. The average Bonchev–Trinajstić information content (AvgIpc) is 2.29. The molecule has 0 aliphatic carbocycles. The Morgan fingerprint density at radius 3 is 2.56 bits per heavy atom. The highest BCUT2D eigenvalue weighted by molar-refractivity contribution is 5.81. The quantitative estimate of drug-likeness (QED) is 0.815. The summed E-state index contributed by atoms with van der Waals surface area (Å²) in [5.74, 6) is 0.198. The molecule has 0 aromatic rings. The molecule has 2 unspecified atom stereocenters. The second-order valence-corrected chi connectivity index (χ2v) is 5.70. The summed E-state index contributed by atoms with van der Waals surface area (Å²) in [5, 5.41) is 3.45. The van der Waals surface area contributed by atoms with Crippen LogP contribution < -0.4 is 5.32 Å². The first-order valence-corrected chi connectivity index (χ1v) is 7.08. The second-order valence-electron chi connectivity index (χ2n) is 5.70. The van der Waals surface area contributed by atoms with Crippen molar-refractivity contribution in [2.24, 2.45) is 0 Å². The van der Waals surface area contributed by atoms with Crippen molar-refractivity contribution in [2.75, 3.05) is 19.7 Å². The molecule has 2 atom stereocenters. The molecule has 106 valence electrons. The minimum atomic E-state index is -0.108. The van der Waals surface area contributed by atoms with E-state index in [-0.39, 0.29) is 17.6 Å². The van der Waals surface area contributed by atoms with Gasteiger partial charge in [-0.3, -0.25) is 4.79 Å². The van der Waals surface area contributed by atoms with Crippen LogP contribution in [-0.2, 0) is 9.53 Å².